The van der Waals surface area contributed by atoms with Gasteiger partial charge in [-0.25, -0.2) is 4.39 Å². The van der Waals surface area contributed by atoms with Crippen LogP contribution in [0.15, 0.2) is 18.2 Å². The van der Waals surface area contributed by atoms with Crippen LogP contribution in [0.4, 0.5) is 4.39 Å². The summed E-state index contributed by atoms with van der Waals surface area (Å²) in [5.41, 5.74) is 0.886. The summed E-state index contributed by atoms with van der Waals surface area (Å²) in [6, 6.07) is 5.10. The normalized spacial score (nSPS) is 25.1. The van der Waals surface area contributed by atoms with Crippen LogP contribution in [0.25, 0.3) is 0 Å². The summed E-state index contributed by atoms with van der Waals surface area (Å²) in [5, 5.41) is 12.9. The summed E-state index contributed by atoms with van der Waals surface area (Å²) in [5.74, 6) is -0.129. The van der Waals surface area contributed by atoms with Crippen molar-refractivity contribution in [1.29, 1.82) is 0 Å². The number of aliphatic hydroxyl groups excluding tert-OH is 1. The van der Waals surface area contributed by atoms with Crippen molar-refractivity contribution < 1.29 is 14.2 Å². The van der Waals surface area contributed by atoms with E-state index in [0.29, 0.717) is 0 Å². The molecule has 106 valence electrons. The Morgan fingerprint density at radius 3 is 2.74 bits per heavy atom. The summed E-state index contributed by atoms with van der Waals surface area (Å²) >= 11 is 0. The van der Waals surface area contributed by atoms with Crippen LogP contribution in [0.3, 0.4) is 0 Å². The molecule has 0 radical (unpaired) electrons. The molecule has 1 aromatic carbocycles. The minimum Gasteiger partial charge on any atom is -0.485 e. The Bertz CT molecular complexity index is 425. The van der Waals surface area contributed by atoms with Gasteiger partial charge in [0.2, 0.25) is 0 Å². The van der Waals surface area contributed by atoms with E-state index >= 15 is 0 Å². The van der Waals surface area contributed by atoms with Gasteiger partial charge in [0, 0.05) is 6.04 Å². The molecule has 3 unspecified atom stereocenters. The first-order valence-corrected chi connectivity index (χ1v) is 6.93. The lowest BCUT2D eigenvalue weighted by molar-refractivity contribution is 0.00498. The summed E-state index contributed by atoms with van der Waals surface area (Å²) in [7, 11) is 1.84. The fourth-order valence-electron chi connectivity index (χ4n) is 2.43. The van der Waals surface area contributed by atoms with Gasteiger partial charge in [-0.1, -0.05) is 12.5 Å². The van der Waals surface area contributed by atoms with Crippen LogP contribution >= 0.6 is 0 Å². The van der Waals surface area contributed by atoms with Crippen LogP contribution in [-0.4, -0.2) is 24.4 Å². The van der Waals surface area contributed by atoms with Crippen molar-refractivity contribution >= 4 is 0 Å². The van der Waals surface area contributed by atoms with Crippen molar-refractivity contribution in [2.45, 2.75) is 50.9 Å². The Morgan fingerprint density at radius 2 is 2.11 bits per heavy atom. The largest absolute Gasteiger partial charge is 0.485 e. The predicted octanol–water partition coefficient (Wildman–Crippen LogP) is 2.79. The van der Waals surface area contributed by atoms with E-state index < -0.39 is 6.10 Å². The third-order valence-electron chi connectivity index (χ3n) is 3.83. The first-order valence-electron chi connectivity index (χ1n) is 6.93. The van der Waals surface area contributed by atoms with Crippen molar-refractivity contribution in [2.24, 2.45) is 0 Å². The second kappa shape index (κ2) is 6.35. The number of hydrogen-bond donors (Lipinski definition) is 2. The first kappa shape index (κ1) is 14.3. The molecule has 0 aromatic heterocycles. The quantitative estimate of drug-likeness (QED) is 0.881. The Kier molecular flexibility index (Phi) is 4.77. The van der Waals surface area contributed by atoms with Gasteiger partial charge in [-0.2, -0.15) is 0 Å². The topological polar surface area (TPSA) is 41.5 Å². The highest BCUT2D eigenvalue weighted by molar-refractivity contribution is 5.31. The average molecular weight is 267 g/mol. The molecule has 0 saturated heterocycles. The lowest BCUT2D eigenvalue weighted by Crippen LogP contribution is -2.34. The van der Waals surface area contributed by atoms with Gasteiger partial charge in [0.15, 0.2) is 11.6 Å². The van der Waals surface area contributed by atoms with E-state index in [1.165, 1.54) is 6.07 Å². The first-order chi connectivity index (χ1) is 9.11. The molecule has 0 amide bonds. The molecule has 2 N–H and O–H groups in total. The van der Waals surface area contributed by atoms with E-state index in [4.69, 9.17) is 4.74 Å². The van der Waals surface area contributed by atoms with Crippen LogP contribution in [0.5, 0.6) is 5.75 Å². The van der Waals surface area contributed by atoms with Gasteiger partial charge in [-0.15, -0.1) is 0 Å². The van der Waals surface area contributed by atoms with Crippen LogP contribution in [0.2, 0.25) is 0 Å². The Morgan fingerprint density at radius 1 is 1.37 bits per heavy atom. The van der Waals surface area contributed by atoms with Gasteiger partial charge in [0.1, 0.15) is 6.10 Å². The lowest BCUT2D eigenvalue weighted by Gasteiger charge is -2.28. The highest BCUT2D eigenvalue weighted by Gasteiger charge is 2.25. The smallest absolute Gasteiger partial charge is 0.165 e. The predicted molar refractivity (Wildman–Crippen MR) is 72.8 cm³/mol. The molecular formula is C15H22FNO2. The summed E-state index contributed by atoms with van der Waals surface area (Å²) < 4.78 is 19.6. The van der Waals surface area contributed by atoms with Crippen LogP contribution in [0.1, 0.15) is 44.2 Å². The molecule has 0 spiro atoms. The number of aliphatic hydroxyl groups is 1. The molecule has 1 saturated carbocycles. The third kappa shape index (κ3) is 3.45. The van der Waals surface area contributed by atoms with E-state index in [9.17, 15) is 9.50 Å². The van der Waals surface area contributed by atoms with Gasteiger partial charge in [-0.3, -0.25) is 0 Å². The van der Waals surface area contributed by atoms with E-state index in [1.807, 2.05) is 20.0 Å². The molecule has 0 bridgehead atoms. The molecule has 1 aromatic rings. The van der Waals surface area contributed by atoms with Gasteiger partial charge in [-0.05, 0) is 50.9 Å². The average Bonchev–Trinajstić information content (AvgIpc) is 2.42. The van der Waals surface area contributed by atoms with Crippen LogP contribution in [-0.2, 0) is 0 Å². The highest BCUT2D eigenvalue weighted by Crippen LogP contribution is 2.27. The number of ether oxygens (including phenoxy) is 1. The zero-order valence-corrected chi connectivity index (χ0v) is 11.5. The Balaban J connectivity index is 2.08. The number of rotatable bonds is 4. The van der Waals surface area contributed by atoms with E-state index in [1.54, 1.807) is 6.07 Å². The molecule has 0 aliphatic heterocycles. The number of hydrogen-bond acceptors (Lipinski definition) is 3. The van der Waals surface area contributed by atoms with E-state index in [2.05, 4.69) is 5.32 Å². The fraction of sp³-hybridized carbons (Fsp3) is 0.600. The highest BCUT2D eigenvalue weighted by atomic mass is 19.1. The van der Waals surface area contributed by atoms with Crippen LogP contribution < -0.4 is 10.1 Å². The minimum absolute atomic E-state index is 0.101. The van der Waals surface area contributed by atoms with E-state index in [0.717, 1.165) is 31.2 Å². The molecular weight excluding hydrogens is 245 g/mol. The van der Waals surface area contributed by atoms with Crippen molar-refractivity contribution in [3.05, 3.63) is 29.6 Å². The molecule has 1 aliphatic rings. The van der Waals surface area contributed by atoms with Gasteiger partial charge >= 0.3 is 0 Å². The van der Waals surface area contributed by atoms with Crippen LogP contribution in [0, 0.1) is 5.82 Å². The zero-order valence-electron chi connectivity index (χ0n) is 11.5. The number of benzene rings is 1. The van der Waals surface area contributed by atoms with Gasteiger partial charge in [0.05, 0.1) is 6.10 Å². The molecule has 19 heavy (non-hydrogen) atoms. The standard InChI is InChI=1S/C15H22FNO2/c1-10(17-2)11-7-8-14(12(16)9-11)19-15-6-4-3-5-13(15)18/h7-10,13,15,17-18H,3-6H2,1-2H3. The van der Waals surface area contributed by atoms with Crippen molar-refractivity contribution in [3.8, 4) is 5.75 Å². The second-order valence-electron chi connectivity index (χ2n) is 5.21. The molecule has 4 heteroatoms. The molecule has 1 fully saturated rings. The van der Waals surface area contributed by atoms with Gasteiger partial charge < -0.3 is 15.2 Å². The van der Waals surface area contributed by atoms with E-state index in [-0.39, 0.29) is 23.7 Å². The van der Waals surface area contributed by atoms with Crippen molar-refractivity contribution in [2.75, 3.05) is 7.05 Å². The zero-order chi connectivity index (χ0) is 13.8. The maximum atomic E-state index is 14.0. The van der Waals surface area contributed by atoms with Gasteiger partial charge in [0.25, 0.3) is 0 Å². The summed E-state index contributed by atoms with van der Waals surface area (Å²) in [6.07, 6.45) is 2.80. The molecule has 2 rings (SSSR count). The molecule has 1 aliphatic carbocycles. The lowest BCUT2D eigenvalue weighted by atomic mass is 9.95. The summed E-state index contributed by atoms with van der Waals surface area (Å²) in [4.78, 5) is 0. The molecule has 3 nitrogen and oxygen atoms in total. The summed E-state index contributed by atoms with van der Waals surface area (Å²) in [6.45, 7) is 1.97. The number of nitrogens with one attached hydrogen (secondary N) is 1. The SMILES string of the molecule is CNC(C)c1ccc(OC2CCCCC2O)c(F)c1. The maximum Gasteiger partial charge on any atom is 0.165 e. The third-order valence-corrected chi connectivity index (χ3v) is 3.83. The number of halogens is 1. The van der Waals surface area contributed by atoms with Crippen molar-refractivity contribution in [1.82, 2.24) is 5.32 Å². The molecule has 0 heterocycles. The Hall–Kier alpha value is -1.13. The Labute approximate surface area is 113 Å². The maximum absolute atomic E-state index is 14.0. The van der Waals surface area contributed by atoms with Crippen molar-refractivity contribution in [3.63, 3.8) is 0 Å². The monoisotopic (exact) mass is 267 g/mol. The second-order valence-corrected chi connectivity index (χ2v) is 5.21. The fourth-order valence-corrected chi connectivity index (χ4v) is 2.43. The minimum atomic E-state index is -0.482. The molecule has 3 atom stereocenters.